The highest BCUT2D eigenvalue weighted by atomic mass is 14.9. The first kappa shape index (κ1) is 15.5. The summed E-state index contributed by atoms with van der Waals surface area (Å²) in [7, 11) is 0. The number of aromatic nitrogens is 4. The average molecular weight is 285 g/mol. The largest absolute Gasteiger partial charge is 0.314 e. The van der Waals surface area contributed by atoms with E-state index in [4.69, 9.17) is 0 Å². The monoisotopic (exact) mass is 285 g/mol. The van der Waals surface area contributed by atoms with Crippen molar-refractivity contribution < 1.29 is 0 Å². The van der Waals surface area contributed by atoms with E-state index < -0.39 is 0 Å². The Hall–Kier alpha value is -1.88. The molecular formula is C16H23N5. The van der Waals surface area contributed by atoms with Crippen LogP contribution in [0.3, 0.4) is 0 Å². The van der Waals surface area contributed by atoms with Crippen LogP contribution in [-0.2, 0) is 0 Å². The third-order valence-electron chi connectivity index (χ3n) is 3.44. The van der Waals surface area contributed by atoms with Crippen molar-refractivity contribution in [3.8, 4) is 11.5 Å². The van der Waals surface area contributed by atoms with Crippen LogP contribution in [0.25, 0.3) is 11.5 Å². The van der Waals surface area contributed by atoms with Crippen LogP contribution < -0.4 is 5.32 Å². The molecule has 0 radical (unpaired) electrons. The van der Waals surface area contributed by atoms with Gasteiger partial charge in [0.1, 0.15) is 5.69 Å². The van der Waals surface area contributed by atoms with Gasteiger partial charge in [-0.05, 0) is 25.3 Å². The van der Waals surface area contributed by atoms with Gasteiger partial charge in [0.25, 0.3) is 0 Å². The summed E-state index contributed by atoms with van der Waals surface area (Å²) in [5, 5.41) is 3.47. The van der Waals surface area contributed by atoms with Crippen molar-refractivity contribution in [3.05, 3.63) is 35.5 Å². The van der Waals surface area contributed by atoms with Crippen LogP contribution in [0.1, 0.15) is 43.6 Å². The van der Waals surface area contributed by atoms with Gasteiger partial charge in [-0.15, -0.1) is 0 Å². The second-order valence-corrected chi connectivity index (χ2v) is 5.69. The summed E-state index contributed by atoms with van der Waals surface area (Å²) in [6, 6.07) is 0.479. The Kier molecular flexibility index (Phi) is 4.96. The van der Waals surface area contributed by atoms with Gasteiger partial charge in [-0.2, -0.15) is 0 Å². The maximum Gasteiger partial charge on any atom is 0.180 e. The molecule has 5 nitrogen and oxygen atoms in total. The molecule has 21 heavy (non-hydrogen) atoms. The first-order chi connectivity index (χ1) is 9.99. The Labute approximate surface area is 126 Å². The van der Waals surface area contributed by atoms with Crippen LogP contribution in [0.5, 0.6) is 0 Å². The first-order valence-corrected chi connectivity index (χ1v) is 7.34. The average Bonchev–Trinajstić information content (AvgIpc) is 2.45. The molecule has 0 saturated carbocycles. The molecule has 2 rings (SSSR count). The molecule has 0 aromatic carbocycles. The van der Waals surface area contributed by atoms with Gasteiger partial charge in [-0.1, -0.05) is 20.8 Å². The van der Waals surface area contributed by atoms with Crippen LogP contribution in [0.4, 0.5) is 0 Å². The molecular weight excluding hydrogens is 262 g/mol. The molecule has 0 saturated heterocycles. The van der Waals surface area contributed by atoms with Crippen molar-refractivity contribution in [1.82, 2.24) is 25.3 Å². The molecule has 0 bridgehead atoms. The standard InChI is InChI=1S/C16H23N5/c1-10(2)19-8-11(3)15-12(4)20-16(21-13(15)5)14-9-17-6-7-18-14/h6-7,9-11,19H,8H2,1-5H3. The fourth-order valence-electron chi connectivity index (χ4n) is 2.48. The predicted molar refractivity (Wildman–Crippen MR) is 84.1 cm³/mol. The van der Waals surface area contributed by atoms with E-state index in [2.05, 4.69) is 46.0 Å². The Morgan fingerprint density at radius 1 is 1.05 bits per heavy atom. The van der Waals surface area contributed by atoms with E-state index in [1.807, 2.05) is 13.8 Å². The van der Waals surface area contributed by atoms with Crippen LogP contribution in [0.2, 0.25) is 0 Å². The maximum atomic E-state index is 4.61. The number of hydrogen-bond donors (Lipinski definition) is 1. The lowest BCUT2D eigenvalue weighted by Crippen LogP contribution is -2.27. The molecule has 1 atom stereocenters. The van der Waals surface area contributed by atoms with Crippen molar-refractivity contribution in [2.45, 2.75) is 46.6 Å². The summed E-state index contributed by atoms with van der Waals surface area (Å²) >= 11 is 0. The van der Waals surface area contributed by atoms with Gasteiger partial charge in [-0.25, -0.2) is 15.0 Å². The molecule has 2 aromatic heterocycles. The zero-order valence-corrected chi connectivity index (χ0v) is 13.4. The Bertz CT molecular complexity index is 572. The fraction of sp³-hybridized carbons (Fsp3) is 0.500. The molecule has 0 amide bonds. The fourth-order valence-corrected chi connectivity index (χ4v) is 2.48. The third-order valence-corrected chi connectivity index (χ3v) is 3.44. The van der Waals surface area contributed by atoms with Gasteiger partial charge in [0.15, 0.2) is 5.82 Å². The zero-order valence-electron chi connectivity index (χ0n) is 13.4. The quantitative estimate of drug-likeness (QED) is 0.915. The molecule has 5 heteroatoms. The van der Waals surface area contributed by atoms with Crippen LogP contribution in [-0.4, -0.2) is 32.5 Å². The minimum Gasteiger partial charge on any atom is -0.314 e. The molecule has 0 aliphatic heterocycles. The lowest BCUT2D eigenvalue weighted by molar-refractivity contribution is 0.544. The van der Waals surface area contributed by atoms with Crippen LogP contribution in [0, 0.1) is 13.8 Å². The first-order valence-electron chi connectivity index (χ1n) is 7.34. The Morgan fingerprint density at radius 2 is 1.71 bits per heavy atom. The lowest BCUT2D eigenvalue weighted by Gasteiger charge is -2.19. The van der Waals surface area contributed by atoms with Crippen LogP contribution >= 0.6 is 0 Å². The van der Waals surface area contributed by atoms with Crippen molar-refractivity contribution in [2.75, 3.05) is 6.54 Å². The number of hydrogen-bond acceptors (Lipinski definition) is 5. The van der Waals surface area contributed by atoms with E-state index in [0.717, 1.165) is 17.9 Å². The van der Waals surface area contributed by atoms with Gasteiger partial charge >= 0.3 is 0 Å². The molecule has 1 N–H and O–H groups in total. The zero-order chi connectivity index (χ0) is 15.4. The molecule has 1 unspecified atom stereocenters. The van der Waals surface area contributed by atoms with E-state index in [0.29, 0.717) is 23.5 Å². The summed E-state index contributed by atoms with van der Waals surface area (Å²) in [5.74, 6) is 1.02. The Morgan fingerprint density at radius 3 is 2.24 bits per heavy atom. The molecule has 0 spiro atoms. The Balaban J connectivity index is 2.29. The van der Waals surface area contributed by atoms with E-state index in [1.165, 1.54) is 5.56 Å². The highest BCUT2D eigenvalue weighted by Crippen LogP contribution is 2.23. The van der Waals surface area contributed by atoms with Crippen LogP contribution in [0.15, 0.2) is 18.6 Å². The summed E-state index contributed by atoms with van der Waals surface area (Å²) in [6.45, 7) is 11.5. The molecule has 0 fully saturated rings. The number of rotatable bonds is 5. The molecule has 2 aromatic rings. The van der Waals surface area contributed by atoms with Crippen molar-refractivity contribution in [3.63, 3.8) is 0 Å². The topological polar surface area (TPSA) is 63.6 Å². The highest BCUT2D eigenvalue weighted by Gasteiger charge is 2.16. The molecule has 0 aliphatic carbocycles. The van der Waals surface area contributed by atoms with Gasteiger partial charge in [0, 0.05) is 36.4 Å². The summed E-state index contributed by atoms with van der Waals surface area (Å²) in [5.41, 5.74) is 3.96. The second-order valence-electron chi connectivity index (χ2n) is 5.69. The maximum absolute atomic E-state index is 4.61. The molecule has 2 heterocycles. The van der Waals surface area contributed by atoms with Gasteiger partial charge < -0.3 is 5.32 Å². The van der Waals surface area contributed by atoms with Crippen molar-refractivity contribution in [1.29, 1.82) is 0 Å². The SMILES string of the molecule is Cc1nc(-c2cnccn2)nc(C)c1C(C)CNC(C)C. The van der Waals surface area contributed by atoms with Gasteiger partial charge in [0.05, 0.1) is 6.20 Å². The predicted octanol–water partition coefficient (Wildman–Crippen LogP) is 2.65. The summed E-state index contributed by atoms with van der Waals surface area (Å²) in [6.07, 6.45) is 5.00. The van der Waals surface area contributed by atoms with E-state index in [-0.39, 0.29) is 0 Å². The van der Waals surface area contributed by atoms with E-state index in [9.17, 15) is 0 Å². The number of nitrogens with one attached hydrogen (secondary N) is 1. The summed E-state index contributed by atoms with van der Waals surface area (Å²) < 4.78 is 0. The highest BCUT2D eigenvalue weighted by molar-refractivity contribution is 5.49. The summed E-state index contributed by atoms with van der Waals surface area (Å²) in [4.78, 5) is 17.6. The van der Waals surface area contributed by atoms with E-state index in [1.54, 1.807) is 18.6 Å². The van der Waals surface area contributed by atoms with Gasteiger partial charge in [0.2, 0.25) is 0 Å². The minimum absolute atomic E-state index is 0.378. The van der Waals surface area contributed by atoms with E-state index >= 15 is 0 Å². The number of aryl methyl sites for hydroxylation is 2. The second kappa shape index (κ2) is 6.72. The van der Waals surface area contributed by atoms with Crippen molar-refractivity contribution >= 4 is 0 Å². The lowest BCUT2D eigenvalue weighted by atomic mass is 9.97. The van der Waals surface area contributed by atoms with Crippen molar-refractivity contribution in [2.24, 2.45) is 0 Å². The smallest absolute Gasteiger partial charge is 0.180 e. The minimum atomic E-state index is 0.378. The van der Waals surface area contributed by atoms with Gasteiger partial charge in [-0.3, -0.25) is 4.98 Å². The third kappa shape index (κ3) is 3.82. The number of nitrogens with zero attached hydrogens (tertiary/aromatic N) is 4. The normalized spacial score (nSPS) is 12.7. The molecule has 0 aliphatic rings. The molecule has 112 valence electrons.